The Hall–Kier alpha value is -1.87. The van der Waals surface area contributed by atoms with Crippen molar-refractivity contribution in [3.63, 3.8) is 0 Å². The molecule has 3 rings (SSSR count). The summed E-state index contributed by atoms with van der Waals surface area (Å²) < 4.78 is 39.0. The van der Waals surface area contributed by atoms with Gasteiger partial charge in [-0.15, -0.1) is 0 Å². The third-order valence-corrected chi connectivity index (χ3v) is 8.17. The van der Waals surface area contributed by atoms with Crippen molar-refractivity contribution in [3.05, 3.63) is 60.0 Å². The minimum atomic E-state index is -6.00. The van der Waals surface area contributed by atoms with E-state index in [1.54, 1.807) is 0 Å². The molecular weight excluding hydrogens is 459 g/mol. The van der Waals surface area contributed by atoms with Crippen LogP contribution in [0.4, 0.5) is 17.3 Å². The first-order valence-electron chi connectivity index (χ1n) is 10.6. The summed E-state index contributed by atoms with van der Waals surface area (Å²) >= 11 is 1.88. The number of carboxylic acids is 1. The molecule has 1 aliphatic rings. The van der Waals surface area contributed by atoms with E-state index in [4.69, 9.17) is 5.11 Å². The summed E-state index contributed by atoms with van der Waals surface area (Å²) in [6.45, 7) is 0. The molecule has 0 saturated carbocycles. The molecule has 1 N–H and O–H groups in total. The van der Waals surface area contributed by atoms with Gasteiger partial charge < -0.3 is 22.4 Å². The van der Waals surface area contributed by atoms with Crippen molar-refractivity contribution >= 4 is 35.9 Å². The number of hydrogen-bond acceptors (Lipinski definition) is 2. The number of carboxylic acid groups (broad SMARTS) is 1. The molecule has 2 aromatic carbocycles. The van der Waals surface area contributed by atoms with Gasteiger partial charge in [0.05, 0.1) is 20.7 Å². The van der Waals surface area contributed by atoms with Gasteiger partial charge >= 0.3 is 13.2 Å². The molecule has 0 bridgehead atoms. The molecule has 0 radical (unpaired) electrons. The lowest BCUT2D eigenvalue weighted by Crippen LogP contribution is -2.07. The van der Waals surface area contributed by atoms with Crippen molar-refractivity contribution in [1.29, 1.82) is 0 Å². The molecule has 0 fully saturated rings. The predicted octanol–water partition coefficient (Wildman–Crippen LogP) is 8.21. The highest BCUT2D eigenvalue weighted by molar-refractivity contribution is 8.05. The van der Waals surface area contributed by atoms with E-state index in [0.717, 1.165) is 25.7 Å². The first kappa shape index (κ1) is 26.4. The summed E-state index contributed by atoms with van der Waals surface area (Å²) in [5, 5.41) is 11.0. The van der Waals surface area contributed by atoms with Gasteiger partial charge in [0.2, 0.25) is 0 Å². The van der Waals surface area contributed by atoms with Gasteiger partial charge in [0.1, 0.15) is 5.41 Å². The van der Waals surface area contributed by atoms with E-state index in [9.17, 15) is 22.1 Å². The number of allylic oxidation sites excluding steroid dienone is 1. The molecule has 9 heteroatoms. The molecule has 1 heterocycles. The topological polar surface area (TPSA) is 37.3 Å². The van der Waals surface area contributed by atoms with E-state index < -0.39 is 13.2 Å². The van der Waals surface area contributed by atoms with Gasteiger partial charge in [-0.2, -0.15) is 0 Å². The molecule has 0 unspecified atom stereocenters. The van der Waals surface area contributed by atoms with E-state index >= 15 is 0 Å². The quantitative estimate of drug-likeness (QED) is 0.159. The molecule has 0 atom stereocenters. The van der Waals surface area contributed by atoms with Crippen LogP contribution >= 0.6 is 11.8 Å². The number of aliphatic carboxylic acids is 1. The van der Waals surface area contributed by atoms with Crippen molar-refractivity contribution in [3.8, 4) is 0 Å². The van der Waals surface area contributed by atoms with Crippen LogP contribution in [0.3, 0.4) is 0 Å². The molecule has 0 saturated heterocycles. The van der Waals surface area contributed by atoms with Gasteiger partial charge in [0.25, 0.3) is 0 Å². The number of halogens is 4. The second-order valence-corrected chi connectivity index (χ2v) is 10.2. The number of fused-ring (bicyclic) bond motifs is 2. The Morgan fingerprint density at radius 3 is 1.84 bits per heavy atom. The first-order chi connectivity index (χ1) is 15.3. The Labute approximate surface area is 194 Å². The third-order valence-electron chi connectivity index (χ3n) is 4.64. The molecule has 0 amide bonds. The molecule has 0 aliphatic carbocycles. The van der Waals surface area contributed by atoms with Crippen molar-refractivity contribution in [2.75, 3.05) is 0 Å². The van der Waals surface area contributed by atoms with Crippen LogP contribution in [0.1, 0.15) is 51.4 Å². The highest BCUT2D eigenvalue weighted by Gasteiger charge is 2.33. The zero-order valence-corrected chi connectivity index (χ0v) is 19.3. The van der Waals surface area contributed by atoms with Gasteiger partial charge in [-0.1, -0.05) is 61.7 Å². The van der Waals surface area contributed by atoms with Crippen LogP contribution < -0.4 is 0 Å². The Morgan fingerprint density at radius 1 is 0.844 bits per heavy atom. The van der Waals surface area contributed by atoms with Crippen molar-refractivity contribution in [2.45, 2.75) is 70.9 Å². The van der Waals surface area contributed by atoms with Crippen LogP contribution in [0.25, 0.3) is 0 Å². The van der Waals surface area contributed by atoms with Crippen LogP contribution in [0.15, 0.2) is 79.6 Å². The monoisotopic (exact) mass is 486 g/mol. The lowest BCUT2D eigenvalue weighted by atomic mass is 10.1. The molecule has 1 aliphatic heterocycles. The zero-order valence-electron chi connectivity index (χ0n) is 17.7. The van der Waals surface area contributed by atoms with Crippen LogP contribution in [0.5, 0.6) is 0 Å². The lowest BCUT2D eigenvalue weighted by Gasteiger charge is -2.16. The molecule has 2 aromatic rings. The summed E-state index contributed by atoms with van der Waals surface area (Å²) in [5.41, 5.74) is 0. The molecular formula is C23H27BF4O2S2. The lowest BCUT2D eigenvalue weighted by molar-refractivity contribution is -0.137. The van der Waals surface area contributed by atoms with Gasteiger partial charge in [0.15, 0.2) is 9.79 Å². The summed E-state index contributed by atoms with van der Waals surface area (Å²) in [7, 11) is -5.97. The standard InChI is InChI=1S/C23H26O2S2.BF4/c24-23(25)17-7-5-3-1-2-4-6-12-18-27-21-15-10-8-13-19(21)26-20-14-9-11-16-22(20)27;2-1(3,4)5/h8-16,18H,1-7,17H2;/q;-1/p+1. The number of carbonyl (C=O) groups is 1. The Kier molecular flexibility index (Phi) is 11.2. The highest BCUT2D eigenvalue weighted by atomic mass is 32.2. The smallest absolute Gasteiger partial charge is 0.481 e. The minimum absolute atomic E-state index is 0.0324. The normalized spacial score (nSPS) is 13.2. The van der Waals surface area contributed by atoms with E-state index in [1.807, 2.05) is 11.8 Å². The molecule has 0 spiro atoms. The highest BCUT2D eigenvalue weighted by Crippen LogP contribution is 2.45. The minimum Gasteiger partial charge on any atom is -0.481 e. The van der Waals surface area contributed by atoms with Gasteiger partial charge in [-0.3, -0.25) is 4.79 Å². The van der Waals surface area contributed by atoms with Crippen molar-refractivity contribution < 1.29 is 27.2 Å². The molecule has 2 nitrogen and oxygen atoms in total. The second kappa shape index (κ2) is 13.6. The van der Waals surface area contributed by atoms with Gasteiger partial charge in [0, 0.05) is 6.42 Å². The number of hydrogen-bond donors (Lipinski definition) is 1. The van der Waals surface area contributed by atoms with E-state index in [0.29, 0.717) is 6.42 Å². The van der Waals surface area contributed by atoms with Gasteiger partial charge in [-0.05, 0) is 49.6 Å². The van der Waals surface area contributed by atoms with E-state index in [2.05, 4.69) is 60.0 Å². The Balaban J connectivity index is 0.000000654. The zero-order chi connectivity index (χ0) is 23.4. The average molecular weight is 486 g/mol. The number of rotatable bonds is 10. The predicted molar refractivity (Wildman–Crippen MR) is 125 cm³/mol. The maximum absolute atomic E-state index is 10.5. The fourth-order valence-electron chi connectivity index (χ4n) is 3.23. The van der Waals surface area contributed by atoms with E-state index in [-0.39, 0.29) is 10.9 Å². The third kappa shape index (κ3) is 10.2. The van der Waals surface area contributed by atoms with Crippen molar-refractivity contribution in [1.82, 2.24) is 0 Å². The van der Waals surface area contributed by atoms with Crippen LogP contribution in [0, 0.1) is 0 Å². The number of benzene rings is 2. The number of unbranched alkanes of at least 4 members (excludes halogenated alkanes) is 6. The summed E-state index contributed by atoms with van der Waals surface area (Å²) in [4.78, 5) is 16.1. The summed E-state index contributed by atoms with van der Waals surface area (Å²) in [6.07, 6.45) is 10.4. The van der Waals surface area contributed by atoms with Crippen LogP contribution in [-0.2, 0) is 15.7 Å². The van der Waals surface area contributed by atoms with Crippen molar-refractivity contribution in [2.24, 2.45) is 0 Å². The van der Waals surface area contributed by atoms with Gasteiger partial charge in [-0.25, -0.2) is 0 Å². The molecule has 0 aromatic heterocycles. The van der Waals surface area contributed by atoms with Crippen LogP contribution in [0.2, 0.25) is 0 Å². The summed E-state index contributed by atoms with van der Waals surface area (Å²) in [6, 6.07) is 17.5. The maximum atomic E-state index is 10.5. The first-order valence-corrected chi connectivity index (χ1v) is 12.7. The summed E-state index contributed by atoms with van der Waals surface area (Å²) in [5.74, 6) is -0.676. The Morgan fingerprint density at radius 2 is 1.31 bits per heavy atom. The molecule has 32 heavy (non-hydrogen) atoms. The van der Waals surface area contributed by atoms with E-state index in [1.165, 1.54) is 38.8 Å². The van der Waals surface area contributed by atoms with Crippen LogP contribution in [-0.4, -0.2) is 18.3 Å². The largest absolute Gasteiger partial charge is 0.673 e. The SMILES string of the molecule is F[B-](F)(F)F.O=C(O)CCCCCCCCC=C[S+]1c2ccccc2Sc2ccccc21. The molecule has 174 valence electrons. The maximum Gasteiger partial charge on any atom is 0.673 e. The fraction of sp³-hybridized carbons (Fsp3) is 0.348. The second-order valence-electron chi connectivity index (χ2n) is 7.25. The fourth-order valence-corrected chi connectivity index (χ4v) is 6.76. The Bertz CT molecular complexity index is 839. The average Bonchev–Trinajstić information content (AvgIpc) is 2.73.